The van der Waals surface area contributed by atoms with Crippen LogP contribution in [0.25, 0.3) is 11.1 Å². The average molecular weight is 316 g/mol. The van der Waals surface area contributed by atoms with Gasteiger partial charge in [-0.15, -0.1) is 0 Å². The topological polar surface area (TPSA) is 65.5 Å². The number of anilines is 1. The molecule has 1 aromatic heterocycles. The summed E-state index contributed by atoms with van der Waals surface area (Å²) in [5.74, 6) is 2.08. The van der Waals surface area contributed by atoms with Gasteiger partial charge in [-0.25, -0.2) is 0 Å². The highest BCUT2D eigenvalue weighted by atomic mass is 16.5. The maximum absolute atomic E-state index is 6.34. The molecular formula is C17H24N4O2. The Bertz CT molecular complexity index is 683. The number of piperidine rings is 1. The monoisotopic (exact) mass is 316 g/mol. The molecule has 0 radical (unpaired) electrons. The number of likely N-dealkylation sites (tertiary alicyclic amines) is 1. The summed E-state index contributed by atoms with van der Waals surface area (Å²) in [4.78, 5) is 2.29. The minimum atomic E-state index is 0.154. The Kier molecular flexibility index (Phi) is 4.43. The van der Waals surface area contributed by atoms with Gasteiger partial charge in [0.05, 0.1) is 13.3 Å². The summed E-state index contributed by atoms with van der Waals surface area (Å²) >= 11 is 0. The van der Waals surface area contributed by atoms with Crippen LogP contribution < -0.4 is 15.2 Å². The van der Waals surface area contributed by atoms with Gasteiger partial charge in [0.25, 0.3) is 0 Å². The molecule has 2 aromatic rings. The standard InChI is InChI=1S/C17H24N4O2/c1-20-9-5-6-12(11-20)23-16-13(7-4-8-15(16)22-3)14-10-19-21(2)17(14)18/h4,7-8,10,12H,5-6,9,11,18H2,1-3H3. The molecule has 0 bridgehead atoms. The molecule has 2 heterocycles. The Morgan fingerprint density at radius 2 is 2.09 bits per heavy atom. The SMILES string of the molecule is COc1cccc(-c2cnn(C)c2N)c1OC1CCCN(C)C1. The Balaban J connectivity index is 1.98. The third-order valence-corrected chi connectivity index (χ3v) is 4.34. The summed E-state index contributed by atoms with van der Waals surface area (Å²) < 4.78 is 13.5. The fourth-order valence-corrected chi connectivity index (χ4v) is 3.05. The van der Waals surface area contributed by atoms with Gasteiger partial charge in [-0.1, -0.05) is 12.1 Å². The van der Waals surface area contributed by atoms with Crippen molar-refractivity contribution >= 4 is 5.82 Å². The number of benzene rings is 1. The molecule has 0 aliphatic carbocycles. The van der Waals surface area contributed by atoms with Crippen molar-refractivity contribution in [2.75, 3.05) is 33.0 Å². The van der Waals surface area contributed by atoms with Crippen molar-refractivity contribution in [2.24, 2.45) is 7.05 Å². The van der Waals surface area contributed by atoms with E-state index in [1.54, 1.807) is 18.0 Å². The van der Waals surface area contributed by atoms with Crippen LogP contribution in [-0.4, -0.2) is 48.0 Å². The molecule has 1 atom stereocenters. The molecule has 23 heavy (non-hydrogen) atoms. The molecule has 124 valence electrons. The lowest BCUT2D eigenvalue weighted by molar-refractivity contribution is 0.102. The molecule has 3 rings (SSSR count). The van der Waals surface area contributed by atoms with Crippen molar-refractivity contribution in [1.82, 2.24) is 14.7 Å². The Morgan fingerprint density at radius 3 is 2.74 bits per heavy atom. The van der Waals surface area contributed by atoms with Gasteiger partial charge >= 0.3 is 0 Å². The molecule has 1 fully saturated rings. The lowest BCUT2D eigenvalue weighted by Gasteiger charge is -2.31. The zero-order chi connectivity index (χ0) is 16.4. The molecular weight excluding hydrogens is 292 g/mol. The third-order valence-electron chi connectivity index (χ3n) is 4.34. The van der Waals surface area contributed by atoms with Crippen LogP contribution in [0.15, 0.2) is 24.4 Å². The Labute approximate surface area is 136 Å². The van der Waals surface area contributed by atoms with E-state index >= 15 is 0 Å². The summed E-state index contributed by atoms with van der Waals surface area (Å²) in [6.07, 6.45) is 4.11. The maximum atomic E-state index is 6.34. The first kappa shape index (κ1) is 15.7. The summed E-state index contributed by atoms with van der Waals surface area (Å²) in [5.41, 5.74) is 7.93. The van der Waals surface area contributed by atoms with Crippen molar-refractivity contribution in [2.45, 2.75) is 18.9 Å². The van der Waals surface area contributed by atoms with Gasteiger partial charge in [0, 0.05) is 24.7 Å². The highest BCUT2D eigenvalue weighted by Gasteiger charge is 2.23. The number of aromatic nitrogens is 2. The predicted octanol–water partition coefficient (Wildman–Crippen LogP) is 2.15. The number of nitrogens with zero attached hydrogens (tertiary/aromatic N) is 3. The van der Waals surface area contributed by atoms with Crippen LogP contribution in [-0.2, 0) is 7.05 Å². The minimum absolute atomic E-state index is 0.154. The quantitative estimate of drug-likeness (QED) is 0.936. The van der Waals surface area contributed by atoms with Crippen LogP contribution in [0.1, 0.15) is 12.8 Å². The highest BCUT2D eigenvalue weighted by molar-refractivity contribution is 5.80. The van der Waals surface area contributed by atoms with E-state index < -0.39 is 0 Å². The van der Waals surface area contributed by atoms with Gasteiger partial charge in [0.2, 0.25) is 0 Å². The smallest absolute Gasteiger partial charge is 0.169 e. The Hall–Kier alpha value is -2.21. The number of nitrogen functional groups attached to an aromatic ring is 1. The number of nitrogens with two attached hydrogens (primary N) is 1. The number of para-hydroxylation sites is 1. The van der Waals surface area contributed by atoms with Gasteiger partial charge in [-0.2, -0.15) is 5.10 Å². The number of ether oxygens (including phenoxy) is 2. The zero-order valence-corrected chi connectivity index (χ0v) is 14.0. The zero-order valence-electron chi connectivity index (χ0n) is 14.0. The predicted molar refractivity (Wildman–Crippen MR) is 90.8 cm³/mol. The molecule has 1 aliphatic heterocycles. The van der Waals surface area contributed by atoms with Crippen LogP contribution in [0.2, 0.25) is 0 Å². The van der Waals surface area contributed by atoms with Gasteiger partial charge in [-0.3, -0.25) is 4.68 Å². The van der Waals surface area contributed by atoms with Crippen molar-refractivity contribution in [3.8, 4) is 22.6 Å². The van der Waals surface area contributed by atoms with Crippen LogP contribution in [0.4, 0.5) is 5.82 Å². The van der Waals surface area contributed by atoms with Crippen molar-refractivity contribution in [1.29, 1.82) is 0 Å². The molecule has 1 aromatic carbocycles. The largest absolute Gasteiger partial charge is 0.493 e. The summed E-state index contributed by atoms with van der Waals surface area (Å²) in [6.45, 7) is 2.04. The third kappa shape index (κ3) is 3.12. The maximum Gasteiger partial charge on any atom is 0.169 e. The average Bonchev–Trinajstić information content (AvgIpc) is 2.87. The lowest BCUT2D eigenvalue weighted by Crippen LogP contribution is -2.38. The van der Waals surface area contributed by atoms with Crippen LogP contribution in [0.5, 0.6) is 11.5 Å². The fourth-order valence-electron chi connectivity index (χ4n) is 3.05. The second-order valence-corrected chi connectivity index (χ2v) is 6.05. The number of hydrogen-bond acceptors (Lipinski definition) is 5. The van der Waals surface area contributed by atoms with E-state index in [1.807, 2.05) is 25.2 Å². The van der Waals surface area contributed by atoms with E-state index in [1.165, 1.54) is 0 Å². The first-order valence-corrected chi connectivity index (χ1v) is 7.90. The summed E-state index contributed by atoms with van der Waals surface area (Å²) in [7, 11) is 5.61. The molecule has 0 spiro atoms. The van der Waals surface area contributed by atoms with Crippen LogP contribution in [0.3, 0.4) is 0 Å². The summed E-state index contributed by atoms with van der Waals surface area (Å²) in [6, 6.07) is 5.86. The lowest BCUT2D eigenvalue weighted by atomic mass is 10.1. The molecule has 1 saturated heterocycles. The van der Waals surface area contributed by atoms with E-state index in [2.05, 4.69) is 17.0 Å². The molecule has 1 unspecified atom stereocenters. The van der Waals surface area contributed by atoms with E-state index in [0.717, 1.165) is 48.6 Å². The second kappa shape index (κ2) is 6.50. The number of methoxy groups -OCH3 is 1. The normalized spacial score (nSPS) is 18.8. The molecule has 0 saturated carbocycles. The highest BCUT2D eigenvalue weighted by Crippen LogP contribution is 2.41. The van der Waals surface area contributed by atoms with Gasteiger partial charge in [0.1, 0.15) is 11.9 Å². The van der Waals surface area contributed by atoms with Crippen LogP contribution >= 0.6 is 0 Å². The van der Waals surface area contributed by atoms with Crippen molar-refractivity contribution < 1.29 is 9.47 Å². The van der Waals surface area contributed by atoms with E-state index in [9.17, 15) is 0 Å². The summed E-state index contributed by atoms with van der Waals surface area (Å²) in [5, 5.41) is 4.24. The first-order valence-electron chi connectivity index (χ1n) is 7.90. The number of aryl methyl sites for hydroxylation is 1. The van der Waals surface area contributed by atoms with Gasteiger partial charge < -0.3 is 20.1 Å². The van der Waals surface area contributed by atoms with Crippen molar-refractivity contribution in [3.05, 3.63) is 24.4 Å². The number of rotatable bonds is 4. The molecule has 2 N–H and O–H groups in total. The van der Waals surface area contributed by atoms with Crippen LogP contribution in [0, 0.1) is 0 Å². The first-order chi connectivity index (χ1) is 11.1. The van der Waals surface area contributed by atoms with Gasteiger partial charge in [-0.05, 0) is 32.5 Å². The number of likely N-dealkylation sites (N-methyl/N-ethyl adjacent to an activating group) is 1. The van der Waals surface area contributed by atoms with Gasteiger partial charge in [0.15, 0.2) is 11.5 Å². The number of hydrogen-bond donors (Lipinski definition) is 1. The molecule has 1 aliphatic rings. The molecule has 6 heteroatoms. The van der Waals surface area contributed by atoms with E-state index in [0.29, 0.717) is 5.82 Å². The fraction of sp³-hybridized carbons (Fsp3) is 0.471. The van der Waals surface area contributed by atoms with E-state index in [4.69, 9.17) is 15.2 Å². The minimum Gasteiger partial charge on any atom is -0.493 e. The Morgan fingerprint density at radius 1 is 1.26 bits per heavy atom. The molecule has 0 amide bonds. The second-order valence-electron chi connectivity index (χ2n) is 6.05. The molecule has 6 nitrogen and oxygen atoms in total. The van der Waals surface area contributed by atoms with E-state index in [-0.39, 0.29) is 6.10 Å². The van der Waals surface area contributed by atoms with Crippen molar-refractivity contribution in [3.63, 3.8) is 0 Å².